The van der Waals surface area contributed by atoms with E-state index in [1.54, 1.807) is 35.3 Å². The molecule has 1 aliphatic rings. The van der Waals surface area contributed by atoms with Crippen molar-refractivity contribution in [2.45, 2.75) is 25.8 Å². The van der Waals surface area contributed by atoms with E-state index < -0.39 is 0 Å². The molecule has 0 unspecified atom stereocenters. The van der Waals surface area contributed by atoms with Crippen LogP contribution in [-0.2, 0) is 6.54 Å². The molecule has 1 saturated heterocycles. The molecule has 0 radical (unpaired) electrons. The second-order valence-corrected chi connectivity index (χ2v) is 8.60. The number of carbonyl (C=O) groups is 1. The smallest absolute Gasteiger partial charge is 0.267 e. The summed E-state index contributed by atoms with van der Waals surface area (Å²) in [5.41, 5.74) is 1.60. The highest BCUT2D eigenvalue weighted by Crippen LogP contribution is 2.12. The maximum atomic E-state index is 13.3. The average Bonchev–Trinajstić information content (AvgIpc) is 2.87. The Balaban J connectivity index is 1.56. The number of fused-ring (bicyclic) bond motifs is 2. The second kappa shape index (κ2) is 9.56. The van der Waals surface area contributed by atoms with E-state index in [9.17, 15) is 9.59 Å². The van der Waals surface area contributed by atoms with Gasteiger partial charge in [0.05, 0.1) is 17.5 Å². The standard InChI is InChI=1S/C25H27N7O2/c26-22-19(24(33)28-10-14-30-11-3-1-4-12-30)15-20-23(32(22)17-18-7-6-9-27-16-18)29-21-8-2-5-13-31(21)25(20)34/h2,5-9,13,15-16,26H,1,3-4,10-12,14,17H2,(H,28,33). The van der Waals surface area contributed by atoms with Crippen molar-refractivity contribution >= 4 is 22.6 Å². The summed E-state index contributed by atoms with van der Waals surface area (Å²) in [6, 6.07) is 10.5. The Bertz CT molecular complexity index is 1450. The summed E-state index contributed by atoms with van der Waals surface area (Å²) in [5, 5.41) is 12.1. The van der Waals surface area contributed by atoms with Crippen molar-refractivity contribution in [1.82, 2.24) is 29.2 Å². The van der Waals surface area contributed by atoms with Crippen LogP contribution in [0.3, 0.4) is 0 Å². The van der Waals surface area contributed by atoms with Gasteiger partial charge in [-0.25, -0.2) is 4.98 Å². The van der Waals surface area contributed by atoms with Gasteiger partial charge in [-0.3, -0.25) is 24.4 Å². The van der Waals surface area contributed by atoms with Crippen LogP contribution in [-0.4, -0.2) is 55.9 Å². The Morgan fingerprint density at radius 1 is 1.12 bits per heavy atom. The first-order chi connectivity index (χ1) is 16.6. The quantitative estimate of drug-likeness (QED) is 0.429. The van der Waals surface area contributed by atoms with E-state index in [0.717, 1.165) is 25.2 Å². The van der Waals surface area contributed by atoms with E-state index in [1.165, 1.54) is 29.7 Å². The summed E-state index contributed by atoms with van der Waals surface area (Å²) >= 11 is 0. The van der Waals surface area contributed by atoms with E-state index in [1.807, 2.05) is 18.2 Å². The van der Waals surface area contributed by atoms with Gasteiger partial charge in [0.15, 0.2) is 0 Å². The molecule has 0 aromatic carbocycles. The molecule has 9 heteroatoms. The number of hydrogen-bond donors (Lipinski definition) is 2. The zero-order valence-electron chi connectivity index (χ0n) is 18.9. The summed E-state index contributed by atoms with van der Waals surface area (Å²) in [6.07, 6.45) is 8.68. The predicted octanol–water partition coefficient (Wildman–Crippen LogP) is 1.79. The van der Waals surface area contributed by atoms with Crippen LogP contribution in [0, 0.1) is 5.41 Å². The molecular formula is C25H27N7O2. The van der Waals surface area contributed by atoms with Crippen LogP contribution in [0.5, 0.6) is 0 Å². The van der Waals surface area contributed by atoms with E-state index in [4.69, 9.17) is 5.41 Å². The molecule has 4 aromatic rings. The summed E-state index contributed by atoms with van der Waals surface area (Å²) in [4.78, 5) is 37.6. The number of pyridine rings is 3. The van der Waals surface area contributed by atoms with Crippen molar-refractivity contribution < 1.29 is 4.79 Å². The highest BCUT2D eigenvalue weighted by Gasteiger charge is 2.18. The molecule has 1 amide bonds. The molecule has 174 valence electrons. The second-order valence-electron chi connectivity index (χ2n) is 8.60. The Hall–Kier alpha value is -3.85. The van der Waals surface area contributed by atoms with Gasteiger partial charge in [-0.2, -0.15) is 0 Å². The average molecular weight is 458 g/mol. The van der Waals surface area contributed by atoms with Crippen LogP contribution < -0.4 is 16.4 Å². The predicted molar refractivity (Wildman–Crippen MR) is 129 cm³/mol. The van der Waals surface area contributed by atoms with Gasteiger partial charge < -0.3 is 14.8 Å². The fourth-order valence-electron chi connectivity index (χ4n) is 4.49. The minimum absolute atomic E-state index is 0.0130. The third-order valence-corrected chi connectivity index (χ3v) is 6.29. The number of amides is 1. The first-order valence-electron chi connectivity index (χ1n) is 11.6. The van der Waals surface area contributed by atoms with Crippen LogP contribution in [0.15, 0.2) is 59.8 Å². The summed E-state index contributed by atoms with van der Waals surface area (Å²) in [5.74, 6) is -0.360. The topological polar surface area (TPSA) is 108 Å². The Kier molecular flexibility index (Phi) is 6.18. The zero-order chi connectivity index (χ0) is 23.5. The van der Waals surface area contributed by atoms with Crippen LogP contribution in [0.4, 0.5) is 0 Å². The SMILES string of the molecule is N=c1c(C(=O)NCCN2CCCCC2)cc2c(=O)n3ccccc3nc2n1Cc1cccnc1. The van der Waals surface area contributed by atoms with Gasteiger partial charge in [0, 0.05) is 31.7 Å². The molecule has 1 fully saturated rings. The van der Waals surface area contributed by atoms with Gasteiger partial charge in [-0.1, -0.05) is 18.6 Å². The van der Waals surface area contributed by atoms with Gasteiger partial charge >= 0.3 is 0 Å². The lowest BCUT2D eigenvalue weighted by Gasteiger charge is -2.26. The van der Waals surface area contributed by atoms with Crippen molar-refractivity contribution in [3.63, 3.8) is 0 Å². The molecule has 5 heterocycles. The molecule has 4 aromatic heterocycles. The molecule has 2 N–H and O–H groups in total. The minimum atomic E-state index is -0.360. The van der Waals surface area contributed by atoms with Gasteiger partial charge in [-0.05, 0) is 55.8 Å². The van der Waals surface area contributed by atoms with Crippen LogP contribution in [0.1, 0.15) is 35.2 Å². The van der Waals surface area contributed by atoms with Crippen molar-refractivity contribution in [3.8, 4) is 0 Å². The Morgan fingerprint density at radius 2 is 1.97 bits per heavy atom. The molecule has 5 rings (SSSR count). The van der Waals surface area contributed by atoms with Crippen LogP contribution in [0.2, 0.25) is 0 Å². The number of likely N-dealkylation sites (tertiary alicyclic amines) is 1. The molecule has 0 atom stereocenters. The number of nitrogens with zero attached hydrogens (tertiary/aromatic N) is 5. The molecule has 0 spiro atoms. The van der Waals surface area contributed by atoms with Gasteiger partial charge in [0.25, 0.3) is 11.5 Å². The first-order valence-corrected chi connectivity index (χ1v) is 11.6. The summed E-state index contributed by atoms with van der Waals surface area (Å²) < 4.78 is 3.07. The highest BCUT2D eigenvalue weighted by molar-refractivity contribution is 5.96. The number of rotatable bonds is 6. The van der Waals surface area contributed by atoms with E-state index in [0.29, 0.717) is 23.2 Å². The van der Waals surface area contributed by atoms with Crippen LogP contribution >= 0.6 is 0 Å². The molecule has 0 aliphatic carbocycles. The largest absolute Gasteiger partial charge is 0.351 e. The lowest BCUT2D eigenvalue weighted by molar-refractivity contribution is 0.0944. The third kappa shape index (κ3) is 4.34. The van der Waals surface area contributed by atoms with E-state index >= 15 is 0 Å². The molecule has 9 nitrogen and oxygen atoms in total. The maximum absolute atomic E-state index is 13.3. The lowest BCUT2D eigenvalue weighted by atomic mass is 10.1. The van der Waals surface area contributed by atoms with Gasteiger partial charge in [0.1, 0.15) is 16.8 Å². The van der Waals surface area contributed by atoms with E-state index in [2.05, 4.69) is 20.2 Å². The number of hydrogen-bond acceptors (Lipinski definition) is 6. The number of aromatic nitrogens is 4. The van der Waals surface area contributed by atoms with Crippen LogP contribution in [0.25, 0.3) is 16.7 Å². The monoisotopic (exact) mass is 457 g/mol. The molecule has 0 saturated carbocycles. The third-order valence-electron chi connectivity index (χ3n) is 6.29. The molecule has 0 bridgehead atoms. The normalized spacial score (nSPS) is 14.5. The van der Waals surface area contributed by atoms with Gasteiger partial charge in [-0.15, -0.1) is 0 Å². The Morgan fingerprint density at radius 3 is 2.76 bits per heavy atom. The number of piperidine rings is 1. The molecular weight excluding hydrogens is 430 g/mol. The van der Waals surface area contributed by atoms with E-state index in [-0.39, 0.29) is 29.1 Å². The van der Waals surface area contributed by atoms with Crippen molar-refractivity contribution in [3.05, 3.63) is 82.0 Å². The fourth-order valence-corrected chi connectivity index (χ4v) is 4.49. The minimum Gasteiger partial charge on any atom is -0.351 e. The fraction of sp³-hybridized carbons (Fsp3) is 0.320. The Labute approximate surface area is 196 Å². The molecule has 1 aliphatic heterocycles. The summed E-state index contributed by atoms with van der Waals surface area (Å²) in [7, 11) is 0. The van der Waals surface area contributed by atoms with Crippen molar-refractivity contribution in [2.75, 3.05) is 26.2 Å². The summed E-state index contributed by atoms with van der Waals surface area (Å²) in [6.45, 7) is 3.64. The zero-order valence-corrected chi connectivity index (χ0v) is 18.9. The number of nitrogens with one attached hydrogen (secondary N) is 2. The highest BCUT2D eigenvalue weighted by atomic mass is 16.1. The number of carbonyl (C=O) groups excluding carboxylic acids is 1. The van der Waals surface area contributed by atoms with Crippen molar-refractivity contribution in [1.29, 1.82) is 5.41 Å². The maximum Gasteiger partial charge on any atom is 0.267 e. The molecule has 34 heavy (non-hydrogen) atoms. The van der Waals surface area contributed by atoms with Gasteiger partial charge in [0.2, 0.25) is 0 Å². The lowest BCUT2D eigenvalue weighted by Crippen LogP contribution is -2.40. The first kappa shape index (κ1) is 22.0. The van der Waals surface area contributed by atoms with Crippen molar-refractivity contribution in [2.24, 2.45) is 0 Å².